The first-order chi connectivity index (χ1) is 15.0. The summed E-state index contributed by atoms with van der Waals surface area (Å²) in [5.74, 6) is 2.27. The zero-order valence-corrected chi connectivity index (χ0v) is 17.0. The maximum Gasteiger partial charge on any atom is 0.335 e. The number of benzene rings is 2. The maximum atomic E-state index is 13.0. The Morgan fingerprint density at radius 2 is 1.81 bits per heavy atom. The first kappa shape index (κ1) is 21.5. The second kappa shape index (κ2) is 9.50. The molecule has 1 N–H and O–H groups in total. The number of barbiturate groups is 1. The Kier molecular flexibility index (Phi) is 6.58. The van der Waals surface area contributed by atoms with Gasteiger partial charge in [-0.1, -0.05) is 12.0 Å². The number of anilines is 1. The molecule has 31 heavy (non-hydrogen) atoms. The topological polar surface area (TPSA) is 94.2 Å². The monoisotopic (exact) mass is 420 g/mol. The lowest BCUT2D eigenvalue weighted by atomic mass is 10.1. The van der Waals surface area contributed by atoms with E-state index in [0.717, 1.165) is 4.90 Å². The fourth-order valence-electron chi connectivity index (χ4n) is 2.91. The van der Waals surface area contributed by atoms with Gasteiger partial charge in [-0.2, -0.15) is 0 Å². The molecular formula is C23H20N2O6. The van der Waals surface area contributed by atoms with Crippen LogP contribution in [0.15, 0.2) is 48.0 Å². The highest BCUT2D eigenvalue weighted by Crippen LogP contribution is 2.30. The summed E-state index contributed by atoms with van der Waals surface area (Å²) in [5, 5.41) is 2.19. The summed E-state index contributed by atoms with van der Waals surface area (Å²) in [7, 11) is 1.51. The predicted molar refractivity (Wildman–Crippen MR) is 114 cm³/mol. The molecule has 0 aliphatic carbocycles. The third kappa shape index (κ3) is 4.67. The molecule has 1 saturated heterocycles. The molecule has 8 heteroatoms. The molecular weight excluding hydrogens is 400 g/mol. The van der Waals surface area contributed by atoms with E-state index in [4.69, 9.17) is 20.6 Å². The van der Waals surface area contributed by atoms with Crippen LogP contribution in [0, 0.1) is 12.3 Å². The summed E-state index contributed by atoms with van der Waals surface area (Å²) >= 11 is 0. The summed E-state index contributed by atoms with van der Waals surface area (Å²) in [4.78, 5) is 38.6. The number of ether oxygens (including phenoxy) is 3. The van der Waals surface area contributed by atoms with Crippen LogP contribution < -0.4 is 24.4 Å². The molecule has 1 aliphatic heterocycles. The number of carbonyl (C=O) groups excluding carboxylic acids is 3. The van der Waals surface area contributed by atoms with E-state index in [1.807, 2.05) is 6.92 Å². The minimum Gasteiger partial charge on any atom is -0.497 e. The molecule has 0 unspecified atom stereocenters. The summed E-state index contributed by atoms with van der Waals surface area (Å²) in [5.41, 5.74) is 0.615. The van der Waals surface area contributed by atoms with Crippen LogP contribution in [0.1, 0.15) is 12.5 Å². The number of urea groups is 1. The Morgan fingerprint density at radius 3 is 2.45 bits per heavy atom. The van der Waals surface area contributed by atoms with Crippen molar-refractivity contribution in [3.8, 4) is 29.6 Å². The molecule has 2 aromatic rings. The highest BCUT2D eigenvalue weighted by molar-refractivity contribution is 6.39. The average molecular weight is 420 g/mol. The van der Waals surface area contributed by atoms with Crippen molar-refractivity contribution < 1.29 is 28.6 Å². The maximum absolute atomic E-state index is 13.0. The van der Waals surface area contributed by atoms with Gasteiger partial charge < -0.3 is 14.2 Å². The zero-order chi connectivity index (χ0) is 22.4. The Labute approximate surface area is 179 Å². The molecule has 0 spiro atoms. The van der Waals surface area contributed by atoms with Gasteiger partial charge in [0.2, 0.25) is 0 Å². The van der Waals surface area contributed by atoms with E-state index in [-0.39, 0.29) is 12.2 Å². The fraction of sp³-hybridized carbons (Fsp3) is 0.174. The predicted octanol–water partition coefficient (Wildman–Crippen LogP) is 2.77. The number of nitrogens with one attached hydrogen (secondary N) is 1. The largest absolute Gasteiger partial charge is 0.497 e. The number of methoxy groups -OCH3 is 1. The van der Waals surface area contributed by atoms with Gasteiger partial charge in [-0.3, -0.25) is 14.9 Å². The first-order valence-corrected chi connectivity index (χ1v) is 9.37. The number of carbonyl (C=O) groups is 3. The van der Waals surface area contributed by atoms with Crippen LogP contribution in [0.5, 0.6) is 17.2 Å². The summed E-state index contributed by atoms with van der Waals surface area (Å²) in [6.07, 6.45) is 6.61. The van der Waals surface area contributed by atoms with Crippen molar-refractivity contribution in [3.05, 3.63) is 53.6 Å². The number of terminal acetylenes is 1. The number of imide groups is 2. The lowest BCUT2D eigenvalue weighted by Crippen LogP contribution is -2.54. The summed E-state index contributed by atoms with van der Waals surface area (Å²) in [6.45, 7) is 2.26. The van der Waals surface area contributed by atoms with E-state index in [0.29, 0.717) is 35.1 Å². The third-order valence-corrected chi connectivity index (χ3v) is 4.32. The normalized spacial score (nSPS) is 14.8. The van der Waals surface area contributed by atoms with Crippen LogP contribution >= 0.6 is 0 Å². The second-order valence-electron chi connectivity index (χ2n) is 6.29. The number of rotatable bonds is 7. The quantitative estimate of drug-likeness (QED) is 0.421. The fourth-order valence-corrected chi connectivity index (χ4v) is 2.91. The first-order valence-electron chi connectivity index (χ1n) is 9.37. The van der Waals surface area contributed by atoms with Crippen molar-refractivity contribution in [3.63, 3.8) is 0 Å². The van der Waals surface area contributed by atoms with Crippen molar-refractivity contribution in [2.24, 2.45) is 0 Å². The van der Waals surface area contributed by atoms with Gasteiger partial charge in [0.15, 0.2) is 11.5 Å². The van der Waals surface area contributed by atoms with Gasteiger partial charge in [0.25, 0.3) is 11.8 Å². The van der Waals surface area contributed by atoms with Crippen molar-refractivity contribution in [1.82, 2.24) is 5.32 Å². The summed E-state index contributed by atoms with van der Waals surface area (Å²) in [6, 6.07) is 10.4. The standard InChI is InChI=1S/C23H20N2O6/c1-4-12-31-19-11-6-15(14-20(19)30-5-2)13-18-21(26)24-23(28)25(22(18)27)16-7-9-17(29-3)10-8-16/h1,6-11,13-14H,5,12H2,2-3H3,(H,24,26,28)/b18-13-. The van der Waals surface area contributed by atoms with E-state index in [1.165, 1.54) is 13.2 Å². The lowest BCUT2D eigenvalue weighted by molar-refractivity contribution is -0.122. The Balaban J connectivity index is 1.95. The number of hydrogen-bond acceptors (Lipinski definition) is 6. The molecule has 8 nitrogen and oxygen atoms in total. The van der Waals surface area contributed by atoms with E-state index < -0.39 is 17.8 Å². The molecule has 1 fully saturated rings. The Morgan fingerprint density at radius 1 is 1.06 bits per heavy atom. The van der Waals surface area contributed by atoms with Gasteiger partial charge in [0.05, 0.1) is 19.4 Å². The van der Waals surface area contributed by atoms with E-state index >= 15 is 0 Å². The molecule has 0 saturated carbocycles. The molecule has 1 aliphatic rings. The lowest BCUT2D eigenvalue weighted by Gasteiger charge is -2.26. The molecule has 0 bridgehead atoms. The Hall–Kier alpha value is -4.25. The number of hydrogen-bond donors (Lipinski definition) is 1. The second-order valence-corrected chi connectivity index (χ2v) is 6.29. The third-order valence-electron chi connectivity index (χ3n) is 4.32. The molecule has 4 amide bonds. The highest BCUT2D eigenvalue weighted by atomic mass is 16.5. The molecule has 2 aromatic carbocycles. The van der Waals surface area contributed by atoms with Gasteiger partial charge in [0.1, 0.15) is 17.9 Å². The highest BCUT2D eigenvalue weighted by Gasteiger charge is 2.36. The SMILES string of the molecule is C#CCOc1ccc(/C=C2/C(=O)NC(=O)N(c3ccc(OC)cc3)C2=O)cc1OCC. The summed E-state index contributed by atoms with van der Waals surface area (Å²) < 4.78 is 16.1. The minimum atomic E-state index is -0.828. The molecule has 158 valence electrons. The molecule has 0 aromatic heterocycles. The van der Waals surface area contributed by atoms with E-state index in [2.05, 4.69) is 11.2 Å². The van der Waals surface area contributed by atoms with Gasteiger partial charge in [-0.25, -0.2) is 9.69 Å². The smallest absolute Gasteiger partial charge is 0.335 e. The van der Waals surface area contributed by atoms with Crippen molar-refractivity contribution in [2.75, 3.05) is 25.2 Å². The van der Waals surface area contributed by atoms with Crippen molar-refractivity contribution in [2.45, 2.75) is 6.92 Å². The number of amides is 4. The average Bonchev–Trinajstić information content (AvgIpc) is 2.76. The van der Waals surface area contributed by atoms with Gasteiger partial charge in [-0.15, -0.1) is 6.42 Å². The van der Waals surface area contributed by atoms with Gasteiger partial charge in [0, 0.05) is 0 Å². The van der Waals surface area contributed by atoms with Gasteiger partial charge >= 0.3 is 6.03 Å². The number of nitrogens with zero attached hydrogens (tertiary/aromatic N) is 1. The van der Waals surface area contributed by atoms with E-state index in [1.54, 1.807) is 42.5 Å². The van der Waals surface area contributed by atoms with Crippen molar-refractivity contribution in [1.29, 1.82) is 0 Å². The Bertz CT molecular complexity index is 1080. The van der Waals surface area contributed by atoms with Crippen LogP contribution in [-0.2, 0) is 9.59 Å². The molecule has 0 atom stereocenters. The molecule has 0 radical (unpaired) electrons. The van der Waals surface area contributed by atoms with Crippen LogP contribution in [-0.4, -0.2) is 38.2 Å². The minimum absolute atomic E-state index is 0.0698. The zero-order valence-electron chi connectivity index (χ0n) is 17.0. The van der Waals surface area contributed by atoms with Crippen LogP contribution in [0.25, 0.3) is 6.08 Å². The van der Waals surface area contributed by atoms with Crippen LogP contribution in [0.3, 0.4) is 0 Å². The molecule has 3 rings (SSSR count). The van der Waals surface area contributed by atoms with Crippen LogP contribution in [0.2, 0.25) is 0 Å². The van der Waals surface area contributed by atoms with Crippen molar-refractivity contribution >= 4 is 29.6 Å². The van der Waals surface area contributed by atoms with E-state index in [9.17, 15) is 14.4 Å². The van der Waals surface area contributed by atoms with Gasteiger partial charge in [-0.05, 0) is 55.0 Å². The van der Waals surface area contributed by atoms with Crippen LogP contribution in [0.4, 0.5) is 10.5 Å². The molecule has 1 heterocycles.